The van der Waals surface area contributed by atoms with Crippen molar-refractivity contribution in [3.05, 3.63) is 108 Å². The molecule has 1 aliphatic rings. The average molecular weight is 460 g/mol. The average Bonchev–Trinajstić information content (AvgIpc) is 3.18. The molecule has 0 radical (unpaired) electrons. The molecule has 1 aliphatic heterocycles. The van der Waals surface area contributed by atoms with E-state index in [0.717, 1.165) is 0 Å². The zero-order valence-electron chi connectivity index (χ0n) is 18.6. The Morgan fingerprint density at radius 2 is 1.24 bits per heavy atom. The third-order valence-corrected chi connectivity index (χ3v) is 5.49. The van der Waals surface area contributed by atoms with Crippen LogP contribution >= 0.6 is 0 Å². The fraction of sp³-hybridized carbons (Fsp3) is 0.222. The molecule has 3 aromatic rings. The molecule has 4 rings (SSSR count). The normalized spacial score (nSPS) is 21.4. The standard InChI is InChI=1S/C27H24O7/c1-27(34-26(30)21-15-9-4-10-16-21)18-32-22(17-31-24(28)19-11-5-2-6-12-19)23(27)33-25(29)20-13-7-3-8-14-20/h2-16,22-23H,17-18H2,1H3. The van der Waals surface area contributed by atoms with Crippen molar-refractivity contribution in [2.45, 2.75) is 24.7 Å². The molecule has 1 saturated heterocycles. The maximum absolute atomic E-state index is 12.8. The fourth-order valence-electron chi connectivity index (χ4n) is 3.68. The summed E-state index contributed by atoms with van der Waals surface area (Å²) < 4.78 is 22.8. The number of benzene rings is 3. The Morgan fingerprint density at radius 1 is 0.765 bits per heavy atom. The molecule has 3 atom stereocenters. The van der Waals surface area contributed by atoms with E-state index in [-0.39, 0.29) is 13.2 Å². The number of esters is 3. The van der Waals surface area contributed by atoms with Gasteiger partial charge in [-0.1, -0.05) is 54.6 Å². The summed E-state index contributed by atoms with van der Waals surface area (Å²) in [6.07, 6.45) is -1.83. The van der Waals surface area contributed by atoms with Gasteiger partial charge in [0.25, 0.3) is 0 Å². The number of hydrogen-bond acceptors (Lipinski definition) is 7. The maximum atomic E-state index is 12.8. The van der Waals surface area contributed by atoms with Crippen molar-refractivity contribution < 1.29 is 33.3 Å². The number of carbonyl (C=O) groups is 3. The van der Waals surface area contributed by atoms with Crippen LogP contribution in [0.15, 0.2) is 91.0 Å². The van der Waals surface area contributed by atoms with E-state index in [1.54, 1.807) is 97.9 Å². The topological polar surface area (TPSA) is 88.1 Å². The van der Waals surface area contributed by atoms with Gasteiger partial charge in [-0.2, -0.15) is 0 Å². The molecule has 0 N–H and O–H groups in total. The van der Waals surface area contributed by atoms with E-state index in [1.165, 1.54) is 0 Å². The number of hydrogen-bond donors (Lipinski definition) is 0. The lowest BCUT2D eigenvalue weighted by Gasteiger charge is -2.31. The van der Waals surface area contributed by atoms with Gasteiger partial charge in [0.15, 0.2) is 11.7 Å². The summed E-state index contributed by atoms with van der Waals surface area (Å²) >= 11 is 0. The van der Waals surface area contributed by atoms with Crippen LogP contribution in [0.5, 0.6) is 0 Å². The minimum absolute atomic E-state index is 0.0358. The third-order valence-electron chi connectivity index (χ3n) is 5.49. The highest BCUT2D eigenvalue weighted by molar-refractivity contribution is 5.91. The first-order chi connectivity index (χ1) is 16.5. The van der Waals surface area contributed by atoms with Crippen molar-refractivity contribution >= 4 is 17.9 Å². The minimum atomic E-state index is -1.29. The molecule has 7 heteroatoms. The Labute approximate surface area is 197 Å². The molecule has 34 heavy (non-hydrogen) atoms. The Bertz CT molecular complexity index is 1130. The van der Waals surface area contributed by atoms with Gasteiger partial charge in [-0.25, -0.2) is 14.4 Å². The van der Waals surface area contributed by atoms with Crippen LogP contribution < -0.4 is 0 Å². The fourth-order valence-corrected chi connectivity index (χ4v) is 3.68. The second-order valence-corrected chi connectivity index (χ2v) is 8.07. The minimum Gasteiger partial charge on any atom is -0.459 e. The molecule has 174 valence electrons. The molecule has 0 saturated carbocycles. The summed E-state index contributed by atoms with van der Waals surface area (Å²) in [5.74, 6) is -1.71. The first kappa shape index (κ1) is 23.2. The van der Waals surface area contributed by atoms with Crippen LogP contribution in [0.1, 0.15) is 38.0 Å². The highest BCUT2D eigenvalue weighted by Gasteiger charge is 2.53. The van der Waals surface area contributed by atoms with Crippen LogP contribution in [0.25, 0.3) is 0 Å². The lowest BCUT2D eigenvalue weighted by atomic mass is 9.98. The Hall–Kier alpha value is -3.97. The van der Waals surface area contributed by atoms with Crippen molar-refractivity contribution in [1.29, 1.82) is 0 Å². The second-order valence-electron chi connectivity index (χ2n) is 8.07. The molecule has 0 amide bonds. The first-order valence-electron chi connectivity index (χ1n) is 10.8. The van der Waals surface area contributed by atoms with Crippen LogP contribution in [0, 0.1) is 0 Å². The molecular weight excluding hydrogens is 436 g/mol. The zero-order valence-corrected chi connectivity index (χ0v) is 18.6. The smallest absolute Gasteiger partial charge is 0.338 e. The van der Waals surface area contributed by atoms with Crippen molar-refractivity contribution in [2.75, 3.05) is 13.2 Å². The van der Waals surface area contributed by atoms with Crippen molar-refractivity contribution in [3.63, 3.8) is 0 Å². The van der Waals surface area contributed by atoms with E-state index in [0.29, 0.717) is 16.7 Å². The molecule has 3 unspecified atom stereocenters. The van der Waals surface area contributed by atoms with Crippen molar-refractivity contribution in [2.24, 2.45) is 0 Å². The third kappa shape index (κ3) is 5.32. The summed E-state index contributed by atoms with van der Waals surface area (Å²) in [6, 6.07) is 25.5. The maximum Gasteiger partial charge on any atom is 0.338 e. The first-order valence-corrected chi connectivity index (χ1v) is 10.8. The lowest BCUT2D eigenvalue weighted by molar-refractivity contribution is -0.0756. The van der Waals surface area contributed by atoms with Gasteiger partial charge in [-0.15, -0.1) is 0 Å². The summed E-state index contributed by atoms with van der Waals surface area (Å²) in [7, 11) is 0. The summed E-state index contributed by atoms with van der Waals surface area (Å²) in [5.41, 5.74) is -0.208. The van der Waals surface area contributed by atoms with Gasteiger partial charge in [0.2, 0.25) is 0 Å². The monoisotopic (exact) mass is 460 g/mol. The molecule has 0 spiro atoms. The Kier molecular flexibility index (Phi) is 7.04. The van der Waals surface area contributed by atoms with E-state index in [2.05, 4.69) is 0 Å². The zero-order chi connectivity index (χ0) is 24.0. The van der Waals surface area contributed by atoms with Gasteiger partial charge >= 0.3 is 17.9 Å². The number of ether oxygens (including phenoxy) is 4. The van der Waals surface area contributed by atoms with Gasteiger partial charge < -0.3 is 18.9 Å². The van der Waals surface area contributed by atoms with Crippen LogP contribution in [0.4, 0.5) is 0 Å². The van der Waals surface area contributed by atoms with Crippen LogP contribution in [0.3, 0.4) is 0 Å². The van der Waals surface area contributed by atoms with Gasteiger partial charge in [0.1, 0.15) is 12.7 Å². The van der Waals surface area contributed by atoms with Crippen LogP contribution in [-0.2, 0) is 18.9 Å². The Balaban J connectivity index is 1.52. The summed E-state index contributed by atoms with van der Waals surface area (Å²) in [6.45, 7) is 1.42. The van der Waals surface area contributed by atoms with Crippen LogP contribution in [0.2, 0.25) is 0 Å². The van der Waals surface area contributed by atoms with Gasteiger partial charge in [-0.3, -0.25) is 0 Å². The quantitative estimate of drug-likeness (QED) is 0.388. The molecule has 1 fully saturated rings. The SMILES string of the molecule is CC1(OC(=O)c2ccccc2)COC(COC(=O)c2ccccc2)C1OC(=O)c1ccccc1. The van der Waals surface area contributed by atoms with Gasteiger partial charge in [0.05, 0.1) is 23.3 Å². The van der Waals surface area contributed by atoms with E-state index in [1.807, 2.05) is 0 Å². The van der Waals surface area contributed by atoms with Crippen molar-refractivity contribution in [3.8, 4) is 0 Å². The predicted octanol–water partition coefficient (Wildman–Crippen LogP) is 4.08. The molecule has 3 aromatic carbocycles. The van der Waals surface area contributed by atoms with E-state index < -0.39 is 35.7 Å². The van der Waals surface area contributed by atoms with E-state index >= 15 is 0 Å². The molecular formula is C27H24O7. The summed E-state index contributed by atoms with van der Waals surface area (Å²) in [5, 5.41) is 0. The van der Waals surface area contributed by atoms with Gasteiger partial charge in [-0.05, 0) is 43.3 Å². The Morgan fingerprint density at radius 3 is 1.76 bits per heavy atom. The molecule has 0 bridgehead atoms. The number of carbonyl (C=O) groups excluding carboxylic acids is 3. The second kappa shape index (κ2) is 10.3. The van der Waals surface area contributed by atoms with Crippen LogP contribution in [-0.4, -0.2) is 48.9 Å². The summed E-state index contributed by atoms with van der Waals surface area (Å²) in [4.78, 5) is 38.0. The predicted molar refractivity (Wildman–Crippen MR) is 122 cm³/mol. The van der Waals surface area contributed by atoms with E-state index in [4.69, 9.17) is 18.9 Å². The molecule has 0 aliphatic carbocycles. The molecule has 7 nitrogen and oxygen atoms in total. The molecule has 0 aromatic heterocycles. The molecule has 1 heterocycles. The highest BCUT2D eigenvalue weighted by Crippen LogP contribution is 2.33. The number of rotatable bonds is 7. The van der Waals surface area contributed by atoms with E-state index in [9.17, 15) is 14.4 Å². The van der Waals surface area contributed by atoms with Crippen molar-refractivity contribution in [1.82, 2.24) is 0 Å². The largest absolute Gasteiger partial charge is 0.459 e. The lowest BCUT2D eigenvalue weighted by Crippen LogP contribution is -2.48. The highest BCUT2D eigenvalue weighted by atomic mass is 16.7. The van der Waals surface area contributed by atoms with Gasteiger partial charge in [0, 0.05) is 0 Å².